The molecule has 2 amide bonds. The summed E-state index contributed by atoms with van der Waals surface area (Å²) in [5.74, 6) is -1.65. The van der Waals surface area contributed by atoms with E-state index in [9.17, 15) is 14.0 Å². The van der Waals surface area contributed by atoms with Crippen LogP contribution < -0.4 is 10.6 Å². The van der Waals surface area contributed by atoms with Gasteiger partial charge in [-0.25, -0.2) is 14.0 Å². The van der Waals surface area contributed by atoms with Crippen LogP contribution in [-0.2, 0) is 4.79 Å². The third kappa shape index (κ3) is 4.48. The van der Waals surface area contributed by atoms with Gasteiger partial charge in [-0.15, -0.1) is 0 Å². The number of carbonyl (C=O) groups excluding carboxylic acids is 1. The number of halogens is 2. The summed E-state index contributed by atoms with van der Waals surface area (Å²) in [6.45, 7) is 5.10. The normalized spacial score (nSPS) is 12.7. The molecular weight excluding hydrogens is 331 g/mol. The van der Waals surface area contributed by atoms with E-state index in [1.165, 1.54) is 12.1 Å². The first-order valence-electron chi connectivity index (χ1n) is 5.86. The van der Waals surface area contributed by atoms with Crippen molar-refractivity contribution in [3.63, 3.8) is 0 Å². The van der Waals surface area contributed by atoms with Gasteiger partial charge in [0.2, 0.25) is 0 Å². The van der Waals surface area contributed by atoms with Crippen LogP contribution in [0.3, 0.4) is 0 Å². The van der Waals surface area contributed by atoms with Gasteiger partial charge in [-0.3, -0.25) is 0 Å². The van der Waals surface area contributed by atoms with Gasteiger partial charge >= 0.3 is 12.0 Å². The molecule has 0 aromatic heterocycles. The molecule has 20 heavy (non-hydrogen) atoms. The van der Waals surface area contributed by atoms with Crippen molar-refractivity contribution in [2.24, 2.45) is 5.41 Å². The number of benzene rings is 1. The number of carboxylic acid groups (broad SMARTS) is 1. The first kappa shape index (κ1) is 16.4. The van der Waals surface area contributed by atoms with Crippen molar-refractivity contribution in [2.75, 3.05) is 5.32 Å². The van der Waals surface area contributed by atoms with E-state index in [-0.39, 0.29) is 10.2 Å². The molecule has 0 bridgehead atoms. The molecule has 0 saturated carbocycles. The van der Waals surface area contributed by atoms with Crippen molar-refractivity contribution in [2.45, 2.75) is 26.8 Å². The highest BCUT2D eigenvalue weighted by Crippen LogP contribution is 2.21. The van der Waals surface area contributed by atoms with E-state index in [0.717, 1.165) is 6.07 Å². The number of nitrogens with one attached hydrogen (secondary N) is 2. The minimum Gasteiger partial charge on any atom is -0.480 e. The Morgan fingerprint density at radius 2 is 1.95 bits per heavy atom. The Kier molecular flexibility index (Phi) is 5.10. The fourth-order valence-electron chi connectivity index (χ4n) is 1.52. The number of aliphatic carboxylic acids is 1. The summed E-state index contributed by atoms with van der Waals surface area (Å²) in [5.41, 5.74) is -0.407. The molecule has 0 aliphatic heterocycles. The maximum absolute atomic E-state index is 13.3. The predicted octanol–water partition coefficient (Wildman–Crippen LogP) is 3.21. The number of urea groups is 1. The Morgan fingerprint density at radius 1 is 1.35 bits per heavy atom. The van der Waals surface area contributed by atoms with Crippen LogP contribution in [0.15, 0.2) is 22.7 Å². The van der Waals surface area contributed by atoms with Crippen LogP contribution in [0.5, 0.6) is 0 Å². The summed E-state index contributed by atoms with van der Waals surface area (Å²) >= 11 is 3.00. The summed E-state index contributed by atoms with van der Waals surface area (Å²) in [6, 6.07) is 2.33. The molecule has 1 unspecified atom stereocenters. The first-order valence-corrected chi connectivity index (χ1v) is 6.66. The van der Waals surface area contributed by atoms with Gasteiger partial charge in [0.1, 0.15) is 11.9 Å². The highest BCUT2D eigenvalue weighted by atomic mass is 79.9. The SMILES string of the molecule is CC(C)(C)C(NC(=O)Nc1ccc(Br)c(F)c1)C(=O)O. The zero-order chi connectivity index (χ0) is 15.5. The number of carbonyl (C=O) groups is 2. The second-order valence-electron chi connectivity index (χ2n) is 5.36. The highest BCUT2D eigenvalue weighted by molar-refractivity contribution is 9.10. The average molecular weight is 347 g/mol. The van der Waals surface area contributed by atoms with E-state index in [1.54, 1.807) is 20.8 Å². The quantitative estimate of drug-likeness (QED) is 0.786. The zero-order valence-electron chi connectivity index (χ0n) is 11.3. The van der Waals surface area contributed by atoms with Crippen LogP contribution in [-0.4, -0.2) is 23.1 Å². The van der Waals surface area contributed by atoms with Gasteiger partial charge in [0.25, 0.3) is 0 Å². The molecule has 1 aromatic rings. The molecule has 0 radical (unpaired) electrons. The minimum atomic E-state index is -1.13. The fourth-order valence-corrected chi connectivity index (χ4v) is 1.77. The zero-order valence-corrected chi connectivity index (χ0v) is 12.9. The number of anilines is 1. The Balaban J connectivity index is 2.76. The summed E-state index contributed by atoms with van der Waals surface area (Å²) in [4.78, 5) is 22.9. The fraction of sp³-hybridized carbons (Fsp3) is 0.385. The Bertz CT molecular complexity index is 529. The summed E-state index contributed by atoms with van der Waals surface area (Å²) in [5, 5.41) is 13.8. The lowest BCUT2D eigenvalue weighted by molar-refractivity contribution is -0.141. The Labute approximate surface area is 124 Å². The van der Waals surface area contributed by atoms with Crippen molar-refractivity contribution >= 4 is 33.6 Å². The molecular formula is C13H16BrFN2O3. The van der Waals surface area contributed by atoms with E-state index < -0.39 is 29.3 Å². The molecule has 3 N–H and O–H groups in total. The first-order chi connectivity index (χ1) is 9.11. The van der Waals surface area contributed by atoms with Gasteiger partial charge < -0.3 is 15.7 Å². The van der Waals surface area contributed by atoms with Crippen LogP contribution in [0.2, 0.25) is 0 Å². The number of carboxylic acids is 1. The average Bonchev–Trinajstić information content (AvgIpc) is 2.29. The van der Waals surface area contributed by atoms with Gasteiger partial charge in [-0.1, -0.05) is 20.8 Å². The minimum absolute atomic E-state index is 0.237. The number of hydrogen-bond acceptors (Lipinski definition) is 2. The van der Waals surface area contributed by atoms with E-state index in [0.29, 0.717) is 0 Å². The maximum atomic E-state index is 13.3. The number of hydrogen-bond donors (Lipinski definition) is 3. The van der Waals surface area contributed by atoms with Gasteiger partial charge in [0.05, 0.1) is 4.47 Å². The van der Waals surface area contributed by atoms with Crippen LogP contribution in [0, 0.1) is 11.2 Å². The van der Waals surface area contributed by atoms with Gasteiger partial charge in [-0.2, -0.15) is 0 Å². The number of amides is 2. The lowest BCUT2D eigenvalue weighted by atomic mass is 9.87. The Morgan fingerprint density at radius 3 is 2.40 bits per heavy atom. The molecule has 0 aliphatic rings. The summed E-state index contributed by atoms with van der Waals surface area (Å²) in [7, 11) is 0. The van der Waals surface area contributed by atoms with E-state index >= 15 is 0 Å². The molecule has 0 aliphatic carbocycles. The second-order valence-corrected chi connectivity index (χ2v) is 6.22. The molecule has 1 atom stereocenters. The van der Waals surface area contributed by atoms with Crippen molar-refractivity contribution in [3.05, 3.63) is 28.5 Å². The van der Waals surface area contributed by atoms with Gasteiger partial charge in [-0.05, 0) is 39.5 Å². The third-order valence-corrected chi connectivity index (χ3v) is 3.21. The topological polar surface area (TPSA) is 78.4 Å². The van der Waals surface area contributed by atoms with E-state index in [2.05, 4.69) is 26.6 Å². The predicted molar refractivity (Wildman–Crippen MR) is 77.1 cm³/mol. The van der Waals surface area contributed by atoms with Crippen molar-refractivity contribution in [1.29, 1.82) is 0 Å². The van der Waals surface area contributed by atoms with E-state index in [4.69, 9.17) is 5.11 Å². The van der Waals surface area contributed by atoms with E-state index in [1.807, 2.05) is 0 Å². The van der Waals surface area contributed by atoms with Gasteiger partial charge in [0.15, 0.2) is 0 Å². The van der Waals surface area contributed by atoms with Crippen LogP contribution in [0.1, 0.15) is 20.8 Å². The molecule has 0 fully saturated rings. The summed E-state index contributed by atoms with van der Waals surface area (Å²) in [6.07, 6.45) is 0. The smallest absolute Gasteiger partial charge is 0.326 e. The monoisotopic (exact) mass is 346 g/mol. The molecule has 0 saturated heterocycles. The van der Waals surface area contributed by atoms with Crippen molar-refractivity contribution < 1.29 is 19.1 Å². The molecule has 5 nitrogen and oxygen atoms in total. The molecule has 110 valence electrons. The third-order valence-electron chi connectivity index (χ3n) is 2.57. The number of rotatable bonds is 3. The standard InChI is InChI=1S/C13H16BrFN2O3/c1-13(2,3)10(11(18)19)17-12(20)16-7-4-5-8(14)9(15)6-7/h4-6,10H,1-3H3,(H,18,19)(H2,16,17,20). The summed E-state index contributed by atoms with van der Waals surface area (Å²) < 4.78 is 13.6. The van der Waals surface area contributed by atoms with Crippen molar-refractivity contribution in [3.8, 4) is 0 Å². The molecule has 1 rings (SSSR count). The van der Waals surface area contributed by atoms with Crippen LogP contribution in [0.25, 0.3) is 0 Å². The highest BCUT2D eigenvalue weighted by Gasteiger charge is 2.32. The molecule has 1 aromatic carbocycles. The lowest BCUT2D eigenvalue weighted by Crippen LogP contribution is -2.50. The van der Waals surface area contributed by atoms with Crippen LogP contribution >= 0.6 is 15.9 Å². The molecule has 0 heterocycles. The van der Waals surface area contributed by atoms with Gasteiger partial charge in [0, 0.05) is 5.69 Å². The largest absolute Gasteiger partial charge is 0.480 e. The van der Waals surface area contributed by atoms with Crippen molar-refractivity contribution in [1.82, 2.24) is 5.32 Å². The lowest BCUT2D eigenvalue weighted by Gasteiger charge is -2.27. The maximum Gasteiger partial charge on any atom is 0.326 e. The molecule has 7 heteroatoms. The molecule has 0 spiro atoms. The van der Waals surface area contributed by atoms with Crippen LogP contribution in [0.4, 0.5) is 14.9 Å². The Hall–Kier alpha value is -1.63. The second kappa shape index (κ2) is 6.21.